The number of carbonyl (C=O) groups excluding carboxylic acids is 2. The first-order chi connectivity index (χ1) is 11.7. The number of aryl methyl sites for hydroxylation is 1. The van der Waals surface area contributed by atoms with E-state index in [2.05, 4.69) is 24.5 Å². The number of unbranched alkanes of at least 4 members (excludes halogenated alkanes) is 2. The topological polar surface area (TPSA) is 58.2 Å². The van der Waals surface area contributed by atoms with Gasteiger partial charge in [0.05, 0.1) is 0 Å². The first-order valence-corrected chi connectivity index (χ1v) is 9.33. The molecule has 4 heteroatoms. The van der Waals surface area contributed by atoms with E-state index in [1.807, 2.05) is 18.2 Å². The SMILES string of the molecule is CCCCNC(=O)c1ccc2c(c1)CCC(C(=O)NCCCC)C2. The summed E-state index contributed by atoms with van der Waals surface area (Å²) in [6.07, 6.45) is 6.73. The second-order valence-corrected chi connectivity index (χ2v) is 6.68. The predicted octanol–water partition coefficient (Wildman–Crippen LogP) is 3.24. The maximum Gasteiger partial charge on any atom is 0.251 e. The third-order valence-electron chi connectivity index (χ3n) is 4.71. The summed E-state index contributed by atoms with van der Waals surface area (Å²) < 4.78 is 0. The molecule has 2 amide bonds. The standard InChI is InChI=1S/C20H30N2O2/c1-3-5-11-21-19(23)17-9-7-16-14-18(10-8-15(16)13-17)20(24)22-12-6-4-2/h7,9,13,18H,3-6,8,10-12,14H2,1-2H3,(H,21,23)(H,22,24). The monoisotopic (exact) mass is 330 g/mol. The first kappa shape index (κ1) is 18.5. The van der Waals surface area contributed by atoms with Crippen LogP contribution in [0, 0.1) is 5.92 Å². The van der Waals surface area contributed by atoms with E-state index in [9.17, 15) is 9.59 Å². The highest BCUT2D eigenvalue weighted by Crippen LogP contribution is 2.26. The third kappa shape index (κ3) is 5.08. The van der Waals surface area contributed by atoms with Crippen LogP contribution in [0.4, 0.5) is 0 Å². The van der Waals surface area contributed by atoms with Gasteiger partial charge in [-0.3, -0.25) is 9.59 Å². The van der Waals surface area contributed by atoms with Gasteiger partial charge in [-0.15, -0.1) is 0 Å². The second-order valence-electron chi connectivity index (χ2n) is 6.68. The molecule has 2 N–H and O–H groups in total. The van der Waals surface area contributed by atoms with Crippen LogP contribution in [0.2, 0.25) is 0 Å². The van der Waals surface area contributed by atoms with E-state index in [1.165, 1.54) is 11.1 Å². The Balaban J connectivity index is 1.93. The van der Waals surface area contributed by atoms with Crippen LogP contribution in [0.3, 0.4) is 0 Å². The van der Waals surface area contributed by atoms with Gasteiger partial charge in [0.25, 0.3) is 5.91 Å². The number of hydrogen-bond acceptors (Lipinski definition) is 2. The zero-order valence-corrected chi connectivity index (χ0v) is 15.0. The van der Waals surface area contributed by atoms with Gasteiger partial charge >= 0.3 is 0 Å². The molecule has 0 saturated carbocycles. The van der Waals surface area contributed by atoms with Crippen molar-refractivity contribution >= 4 is 11.8 Å². The first-order valence-electron chi connectivity index (χ1n) is 9.33. The quantitative estimate of drug-likeness (QED) is 0.719. The molecular formula is C20H30N2O2. The van der Waals surface area contributed by atoms with Gasteiger partial charge in [-0.1, -0.05) is 32.8 Å². The molecule has 1 unspecified atom stereocenters. The summed E-state index contributed by atoms with van der Waals surface area (Å²) >= 11 is 0. The molecule has 4 nitrogen and oxygen atoms in total. The van der Waals surface area contributed by atoms with Crippen molar-refractivity contribution in [3.8, 4) is 0 Å². The van der Waals surface area contributed by atoms with Crippen LogP contribution >= 0.6 is 0 Å². The molecule has 0 spiro atoms. The van der Waals surface area contributed by atoms with E-state index in [0.717, 1.165) is 63.6 Å². The Kier molecular flexibility index (Phi) is 7.29. The predicted molar refractivity (Wildman–Crippen MR) is 97.1 cm³/mol. The van der Waals surface area contributed by atoms with E-state index in [4.69, 9.17) is 0 Å². The van der Waals surface area contributed by atoms with Gasteiger partial charge in [0.1, 0.15) is 0 Å². The maximum absolute atomic E-state index is 12.2. The van der Waals surface area contributed by atoms with E-state index < -0.39 is 0 Å². The van der Waals surface area contributed by atoms with E-state index in [0.29, 0.717) is 0 Å². The third-order valence-corrected chi connectivity index (χ3v) is 4.71. The Morgan fingerprint density at radius 1 is 1.04 bits per heavy atom. The smallest absolute Gasteiger partial charge is 0.251 e. The van der Waals surface area contributed by atoms with Crippen molar-refractivity contribution < 1.29 is 9.59 Å². The van der Waals surface area contributed by atoms with Crippen LogP contribution in [0.5, 0.6) is 0 Å². The molecule has 1 aromatic rings. The Labute approximate surface area is 145 Å². The summed E-state index contributed by atoms with van der Waals surface area (Å²) in [7, 11) is 0. The fraction of sp³-hybridized carbons (Fsp3) is 0.600. The summed E-state index contributed by atoms with van der Waals surface area (Å²) in [6, 6.07) is 5.91. The molecule has 2 rings (SSSR count). The minimum atomic E-state index is 0.00526. The van der Waals surface area contributed by atoms with Crippen LogP contribution in [0.25, 0.3) is 0 Å². The van der Waals surface area contributed by atoms with Gasteiger partial charge in [0.15, 0.2) is 0 Å². The van der Waals surface area contributed by atoms with Gasteiger partial charge in [0, 0.05) is 24.6 Å². The molecule has 0 radical (unpaired) electrons. The summed E-state index contributed by atoms with van der Waals surface area (Å²) in [5, 5.41) is 6.00. The van der Waals surface area contributed by atoms with Crippen molar-refractivity contribution in [3.63, 3.8) is 0 Å². The fourth-order valence-electron chi connectivity index (χ4n) is 3.13. The summed E-state index contributed by atoms with van der Waals surface area (Å²) in [6.45, 7) is 5.74. The molecule has 0 aliphatic heterocycles. The largest absolute Gasteiger partial charge is 0.356 e. The van der Waals surface area contributed by atoms with Crippen LogP contribution < -0.4 is 10.6 Å². The van der Waals surface area contributed by atoms with Gasteiger partial charge in [-0.05, 0) is 55.4 Å². The van der Waals surface area contributed by atoms with Crippen LogP contribution in [-0.4, -0.2) is 24.9 Å². The lowest BCUT2D eigenvalue weighted by atomic mass is 9.82. The Hall–Kier alpha value is -1.84. The highest BCUT2D eigenvalue weighted by molar-refractivity contribution is 5.94. The van der Waals surface area contributed by atoms with Gasteiger partial charge in [0.2, 0.25) is 5.91 Å². The van der Waals surface area contributed by atoms with E-state index in [-0.39, 0.29) is 17.7 Å². The van der Waals surface area contributed by atoms with Crippen LogP contribution in [0.15, 0.2) is 18.2 Å². The molecule has 24 heavy (non-hydrogen) atoms. The Bertz CT molecular complexity index is 569. The molecule has 1 atom stereocenters. The van der Waals surface area contributed by atoms with Crippen molar-refractivity contribution in [2.45, 2.75) is 58.8 Å². The number of rotatable bonds is 8. The van der Waals surface area contributed by atoms with Gasteiger partial charge in [-0.25, -0.2) is 0 Å². The molecular weight excluding hydrogens is 300 g/mol. The molecule has 132 valence electrons. The molecule has 1 aromatic carbocycles. The van der Waals surface area contributed by atoms with Crippen molar-refractivity contribution in [3.05, 3.63) is 34.9 Å². The molecule has 0 heterocycles. The van der Waals surface area contributed by atoms with Crippen molar-refractivity contribution in [2.75, 3.05) is 13.1 Å². The van der Waals surface area contributed by atoms with Gasteiger partial charge < -0.3 is 10.6 Å². The molecule has 1 aliphatic carbocycles. The Morgan fingerprint density at radius 3 is 2.46 bits per heavy atom. The lowest BCUT2D eigenvalue weighted by Gasteiger charge is -2.24. The number of hydrogen-bond donors (Lipinski definition) is 2. The van der Waals surface area contributed by atoms with Crippen molar-refractivity contribution in [1.29, 1.82) is 0 Å². The minimum Gasteiger partial charge on any atom is -0.356 e. The van der Waals surface area contributed by atoms with E-state index in [1.54, 1.807) is 0 Å². The van der Waals surface area contributed by atoms with Crippen LogP contribution in [0.1, 0.15) is 67.4 Å². The number of amides is 2. The summed E-state index contributed by atoms with van der Waals surface area (Å²) in [5.41, 5.74) is 3.16. The number of benzene rings is 1. The van der Waals surface area contributed by atoms with Gasteiger partial charge in [-0.2, -0.15) is 0 Å². The second kappa shape index (κ2) is 9.45. The van der Waals surface area contributed by atoms with E-state index >= 15 is 0 Å². The van der Waals surface area contributed by atoms with Crippen LogP contribution in [-0.2, 0) is 17.6 Å². The average molecular weight is 330 g/mol. The molecule has 0 fully saturated rings. The molecule has 0 aromatic heterocycles. The minimum absolute atomic E-state index is 0.00526. The summed E-state index contributed by atoms with van der Waals surface area (Å²) in [4.78, 5) is 24.4. The lowest BCUT2D eigenvalue weighted by molar-refractivity contribution is -0.125. The lowest BCUT2D eigenvalue weighted by Crippen LogP contribution is -2.34. The Morgan fingerprint density at radius 2 is 1.75 bits per heavy atom. The average Bonchev–Trinajstić information content (AvgIpc) is 2.61. The maximum atomic E-state index is 12.2. The molecule has 0 saturated heterocycles. The highest BCUT2D eigenvalue weighted by Gasteiger charge is 2.25. The summed E-state index contributed by atoms with van der Waals surface area (Å²) in [5.74, 6) is 0.250. The normalized spacial score (nSPS) is 16.3. The fourth-order valence-corrected chi connectivity index (χ4v) is 3.13. The number of nitrogens with one attached hydrogen (secondary N) is 2. The zero-order valence-electron chi connectivity index (χ0n) is 15.0. The molecule has 0 bridgehead atoms. The highest BCUT2D eigenvalue weighted by atomic mass is 16.2. The van der Waals surface area contributed by atoms with Crippen molar-refractivity contribution in [1.82, 2.24) is 10.6 Å². The zero-order chi connectivity index (χ0) is 17.4. The van der Waals surface area contributed by atoms with Crippen molar-refractivity contribution in [2.24, 2.45) is 5.92 Å². The molecule has 1 aliphatic rings. The number of fused-ring (bicyclic) bond motifs is 1. The number of carbonyl (C=O) groups is 2.